The number of hydrogen-bond acceptors (Lipinski definition) is 2. The maximum Gasteiger partial charge on any atom is 0.336 e. The number of carbonyl (C=O) groups is 1. The lowest BCUT2D eigenvalue weighted by molar-refractivity contribution is 0.0601. The summed E-state index contributed by atoms with van der Waals surface area (Å²) in [6.45, 7) is 7.12. The van der Waals surface area contributed by atoms with Crippen LogP contribution in [0.15, 0.2) is 18.2 Å². The molecule has 0 radical (unpaired) electrons. The van der Waals surface area contributed by atoms with Crippen LogP contribution in [-0.2, 0) is 4.74 Å². The summed E-state index contributed by atoms with van der Waals surface area (Å²) < 4.78 is 5.16. The second kappa shape index (κ2) is 4.33. The molecule has 4 heteroatoms. The molecular weight excluding hydrogens is 204 g/mol. The van der Waals surface area contributed by atoms with Gasteiger partial charge in [0.25, 0.3) is 0 Å². The highest BCUT2D eigenvalue weighted by atomic mass is 16.5. The van der Waals surface area contributed by atoms with Crippen LogP contribution >= 0.6 is 0 Å². The van der Waals surface area contributed by atoms with Gasteiger partial charge in [0.05, 0.1) is 34.8 Å². The highest BCUT2D eigenvalue weighted by Gasteiger charge is 2.19. The van der Waals surface area contributed by atoms with Gasteiger partial charge in [0.2, 0.25) is 5.69 Å². The Kier molecular flexibility index (Phi) is 3.31. The van der Waals surface area contributed by atoms with E-state index in [1.54, 1.807) is 18.2 Å². The van der Waals surface area contributed by atoms with Gasteiger partial charge in [-0.2, -0.15) is 0 Å². The van der Waals surface area contributed by atoms with Crippen molar-refractivity contribution in [2.45, 2.75) is 0 Å². The van der Waals surface area contributed by atoms with Crippen LogP contribution < -0.4 is 4.48 Å². The number of carbonyl (C=O) groups excluding carboxylic acids is 1. The molecule has 1 rings (SSSR count). The van der Waals surface area contributed by atoms with E-state index < -0.39 is 5.97 Å². The van der Waals surface area contributed by atoms with Crippen LogP contribution in [0.2, 0.25) is 0 Å². The number of benzene rings is 1. The Bertz CT molecular complexity index is 453. The Morgan fingerprint density at radius 3 is 2.44 bits per heavy atom. The summed E-state index contributed by atoms with van der Waals surface area (Å²) in [7, 11) is 7.25. The van der Waals surface area contributed by atoms with E-state index in [2.05, 4.69) is 9.58 Å². The number of methoxy groups -OCH3 is 1. The molecule has 16 heavy (non-hydrogen) atoms. The summed E-state index contributed by atoms with van der Waals surface area (Å²) in [5, 5.41) is 0. The molecular formula is C12H15N2O2+. The zero-order valence-electron chi connectivity index (χ0n) is 9.94. The summed E-state index contributed by atoms with van der Waals surface area (Å²) in [5.41, 5.74) is 1.77. The second-order valence-electron chi connectivity index (χ2n) is 4.32. The summed E-state index contributed by atoms with van der Waals surface area (Å²) in [4.78, 5) is 14.8. The molecule has 0 aliphatic rings. The SMILES string of the molecule is [C-]#[N+]c1cc(C(=O)OC)ccc1[N+](C)(C)C. The van der Waals surface area contributed by atoms with Crippen molar-refractivity contribution in [3.8, 4) is 0 Å². The van der Waals surface area contributed by atoms with E-state index >= 15 is 0 Å². The largest absolute Gasteiger partial charge is 0.465 e. The van der Waals surface area contributed by atoms with Crippen LogP contribution in [0.5, 0.6) is 0 Å². The molecule has 0 aromatic heterocycles. The van der Waals surface area contributed by atoms with Crippen LogP contribution in [0.3, 0.4) is 0 Å². The monoisotopic (exact) mass is 219 g/mol. The molecule has 0 saturated heterocycles. The van der Waals surface area contributed by atoms with Gasteiger partial charge in [0, 0.05) is 5.56 Å². The Morgan fingerprint density at radius 2 is 2.00 bits per heavy atom. The minimum atomic E-state index is -0.419. The average molecular weight is 219 g/mol. The molecule has 0 amide bonds. The van der Waals surface area contributed by atoms with Gasteiger partial charge in [0.15, 0.2) is 0 Å². The van der Waals surface area contributed by atoms with E-state index in [0.29, 0.717) is 15.7 Å². The first kappa shape index (κ1) is 12.2. The predicted molar refractivity (Wildman–Crippen MR) is 63.6 cm³/mol. The number of hydrogen-bond donors (Lipinski definition) is 0. The van der Waals surface area contributed by atoms with Gasteiger partial charge >= 0.3 is 5.97 Å². The molecule has 0 aliphatic heterocycles. The summed E-state index contributed by atoms with van der Waals surface area (Å²) in [6.07, 6.45) is 0. The number of ether oxygens (including phenoxy) is 1. The third-order valence-electron chi connectivity index (χ3n) is 2.24. The number of esters is 1. The summed E-state index contributed by atoms with van der Waals surface area (Å²) >= 11 is 0. The molecule has 0 heterocycles. The normalized spacial score (nSPS) is 10.7. The fourth-order valence-electron chi connectivity index (χ4n) is 1.43. The molecule has 4 nitrogen and oxygen atoms in total. The zero-order valence-corrected chi connectivity index (χ0v) is 9.94. The lowest BCUT2D eigenvalue weighted by atomic mass is 10.1. The van der Waals surface area contributed by atoms with E-state index in [1.807, 2.05) is 21.1 Å². The number of quaternary nitrogens is 1. The lowest BCUT2D eigenvalue weighted by Gasteiger charge is -2.24. The van der Waals surface area contributed by atoms with Crippen molar-refractivity contribution in [3.05, 3.63) is 35.2 Å². The summed E-state index contributed by atoms with van der Waals surface area (Å²) in [5.74, 6) is -0.419. The minimum absolute atomic E-state index is 0.408. The van der Waals surface area contributed by atoms with E-state index in [1.165, 1.54) is 7.11 Å². The van der Waals surface area contributed by atoms with Gasteiger partial charge in [-0.25, -0.2) is 9.64 Å². The molecule has 1 aromatic rings. The van der Waals surface area contributed by atoms with Gasteiger partial charge in [-0.3, -0.25) is 0 Å². The van der Waals surface area contributed by atoms with Crippen molar-refractivity contribution in [2.24, 2.45) is 0 Å². The Hall–Kier alpha value is -1.86. The summed E-state index contributed by atoms with van der Waals surface area (Å²) in [6, 6.07) is 5.04. The topological polar surface area (TPSA) is 30.7 Å². The molecule has 0 spiro atoms. The van der Waals surface area contributed by atoms with Gasteiger partial charge < -0.3 is 9.22 Å². The molecule has 0 unspecified atom stereocenters. The van der Waals surface area contributed by atoms with Crippen LogP contribution in [-0.4, -0.2) is 34.2 Å². The molecule has 0 N–H and O–H groups in total. The minimum Gasteiger partial charge on any atom is -0.465 e. The maximum atomic E-state index is 11.3. The van der Waals surface area contributed by atoms with E-state index in [9.17, 15) is 4.79 Å². The molecule has 1 aromatic carbocycles. The fraction of sp³-hybridized carbons (Fsp3) is 0.333. The highest BCUT2D eigenvalue weighted by molar-refractivity contribution is 5.92. The molecule has 0 aliphatic carbocycles. The van der Waals surface area contributed by atoms with Gasteiger partial charge in [-0.1, -0.05) is 0 Å². The first-order chi connectivity index (χ1) is 7.40. The molecule has 0 bridgehead atoms. The van der Waals surface area contributed by atoms with Crippen LogP contribution in [0.4, 0.5) is 11.4 Å². The smallest absolute Gasteiger partial charge is 0.336 e. The maximum absolute atomic E-state index is 11.3. The van der Waals surface area contributed by atoms with Crippen molar-refractivity contribution in [1.82, 2.24) is 4.48 Å². The number of rotatable bonds is 2. The number of nitrogens with zero attached hydrogens (tertiary/aromatic N) is 2. The van der Waals surface area contributed by atoms with Crippen LogP contribution in [0.1, 0.15) is 10.4 Å². The van der Waals surface area contributed by atoms with E-state index in [4.69, 9.17) is 6.57 Å². The molecule has 0 fully saturated rings. The first-order valence-electron chi connectivity index (χ1n) is 4.82. The van der Waals surface area contributed by atoms with E-state index in [-0.39, 0.29) is 0 Å². The molecule has 0 saturated carbocycles. The van der Waals surface area contributed by atoms with E-state index in [0.717, 1.165) is 5.69 Å². The Labute approximate surface area is 95.5 Å². The third kappa shape index (κ3) is 2.38. The molecule has 84 valence electrons. The van der Waals surface area contributed by atoms with Crippen molar-refractivity contribution >= 4 is 17.3 Å². The van der Waals surface area contributed by atoms with Crippen LogP contribution in [0, 0.1) is 6.57 Å². The first-order valence-corrected chi connectivity index (χ1v) is 4.82. The predicted octanol–water partition coefficient (Wildman–Crippen LogP) is 2.22. The van der Waals surface area contributed by atoms with Crippen LogP contribution in [0.25, 0.3) is 4.85 Å². The Balaban J connectivity index is 3.29. The second-order valence-corrected chi connectivity index (χ2v) is 4.32. The van der Waals surface area contributed by atoms with Crippen molar-refractivity contribution in [1.29, 1.82) is 0 Å². The van der Waals surface area contributed by atoms with Gasteiger partial charge in [0.1, 0.15) is 5.69 Å². The van der Waals surface area contributed by atoms with Gasteiger partial charge in [-0.05, 0) is 18.2 Å². The van der Waals surface area contributed by atoms with Crippen molar-refractivity contribution in [2.75, 3.05) is 28.3 Å². The average Bonchev–Trinajstić information content (AvgIpc) is 2.25. The lowest BCUT2D eigenvalue weighted by Crippen LogP contribution is -2.34. The quantitative estimate of drug-likeness (QED) is 0.434. The van der Waals surface area contributed by atoms with Gasteiger partial charge in [-0.15, -0.1) is 0 Å². The van der Waals surface area contributed by atoms with Crippen molar-refractivity contribution in [3.63, 3.8) is 0 Å². The Morgan fingerprint density at radius 1 is 1.38 bits per heavy atom. The molecule has 0 atom stereocenters. The zero-order chi connectivity index (χ0) is 12.3. The van der Waals surface area contributed by atoms with Crippen molar-refractivity contribution < 1.29 is 9.53 Å². The third-order valence-corrected chi connectivity index (χ3v) is 2.24. The highest BCUT2D eigenvalue weighted by Crippen LogP contribution is 2.31. The standard InChI is InChI=1S/C12H15N2O2/c1-13-10-8-9(12(15)16-5)6-7-11(10)14(2,3)4/h6-8H,2-5H3/q+1. The fourth-order valence-corrected chi connectivity index (χ4v) is 1.43.